The van der Waals surface area contributed by atoms with Gasteiger partial charge in [-0.3, -0.25) is 4.79 Å². The van der Waals surface area contributed by atoms with Crippen molar-refractivity contribution in [1.29, 1.82) is 0 Å². The van der Waals surface area contributed by atoms with Crippen molar-refractivity contribution >= 4 is 12.0 Å². The average Bonchev–Trinajstić information content (AvgIpc) is 3.12. The number of hydrogen-bond acceptors (Lipinski definition) is 4. The smallest absolute Gasteiger partial charge is 0.417 e. The Morgan fingerprint density at radius 3 is 2.18 bits per heavy atom. The van der Waals surface area contributed by atoms with Crippen LogP contribution in [0.4, 0.5) is 4.79 Å². The molecule has 2 amide bonds. The van der Waals surface area contributed by atoms with Crippen molar-refractivity contribution in [3.05, 3.63) is 48.0 Å². The molecule has 5 nitrogen and oxygen atoms in total. The van der Waals surface area contributed by atoms with E-state index in [2.05, 4.69) is 19.1 Å². The third kappa shape index (κ3) is 9.32. The van der Waals surface area contributed by atoms with E-state index in [9.17, 15) is 14.7 Å². The summed E-state index contributed by atoms with van der Waals surface area (Å²) in [5.41, 5.74) is 0.847. The number of cyclic esters (lactones) is 1. The monoisotopic (exact) mass is 457 g/mol. The lowest BCUT2D eigenvalue weighted by Crippen LogP contribution is -2.43. The molecule has 1 aromatic rings. The minimum absolute atomic E-state index is 0.341. The van der Waals surface area contributed by atoms with Crippen LogP contribution in [-0.2, 0) is 9.53 Å². The molecule has 1 heterocycles. The molecule has 0 unspecified atom stereocenters. The van der Waals surface area contributed by atoms with Gasteiger partial charge in [0.2, 0.25) is 0 Å². The zero-order valence-electron chi connectivity index (χ0n) is 20.6. The number of amides is 2. The lowest BCUT2D eigenvalue weighted by Gasteiger charge is -2.21. The van der Waals surface area contributed by atoms with E-state index in [1.165, 1.54) is 57.8 Å². The van der Waals surface area contributed by atoms with Gasteiger partial charge in [-0.05, 0) is 44.6 Å². The summed E-state index contributed by atoms with van der Waals surface area (Å²) < 4.78 is 5.41. The molecule has 1 N–H and O–H groups in total. The summed E-state index contributed by atoms with van der Waals surface area (Å²) in [7, 11) is 0. The van der Waals surface area contributed by atoms with E-state index in [1.54, 1.807) is 6.92 Å². The van der Waals surface area contributed by atoms with Gasteiger partial charge >= 0.3 is 6.09 Å². The molecular formula is C28H43NO4. The molecule has 1 aromatic carbocycles. The van der Waals surface area contributed by atoms with E-state index in [1.807, 2.05) is 30.3 Å². The molecule has 0 aliphatic carbocycles. The number of imide groups is 1. The van der Waals surface area contributed by atoms with Crippen LogP contribution in [0.2, 0.25) is 0 Å². The number of allylic oxidation sites excluding steroid dienone is 2. The Morgan fingerprint density at radius 2 is 1.55 bits per heavy atom. The van der Waals surface area contributed by atoms with Crippen LogP contribution in [0.3, 0.4) is 0 Å². The molecule has 2 rings (SSSR count). The Labute approximate surface area is 200 Å². The Bertz CT molecular complexity index is 718. The molecule has 0 aromatic heterocycles. The van der Waals surface area contributed by atoms with Crippen molar-refractivity contribution in [2.45, 2.75) is 116 Å². The quantitative estimate of drug-likeness (QED) is 0.212. The average molecular weight is 458 g/mol. The maximum absolute atomic E-state index is 12.7. The number of benzene rings is 1. The number of hydrogen-bond donors (Lipinski definition) is 1. The summed E-state index contributed by atoms with van der Waals surface area (Å²) >= 11 is 0. The summed E-state index contributed by atoms with van der Waals surface area (Å²) in [6, 6.07) is 8.94. The van der Waals surface area contributed by atoms with Crippen molar-refractivity contribution in [1.82, 2.24) is 4.90 Å². The molecule has 0 saturated carbocycles. The highest BCUT2D eigenvalue weighted by atomic mass is 16.6. The van der Waals surface area contributed by atoms with Gasteiger partial charge in [0.25, 0.3) is 5.91 Å². The zero-order valence-corrected chi connectivity index (χ0v) is 20.6. The van der Waals surface area contributed by atoms with Crippen molar-refractivity contribution in [2.75, 3.05) is 0 Å². The lowest BCUT2D eigenvalue weighted by molar-refractivity contribution is -0.138. The maximum Gasteiger partial charge on any atom is 0.417 e. The Balaban J connectivity index is 1.57. The van der Waals surface area contributed by atoms with E-state index in [4.69, 9.17) is 4.74 Å². The van der Waals surface area contributed by atoms with Crippen molar-refractivity contribution in [3.8, 4) is 0 Å². The minimum Gasteiger partial charge on any atom is -0.439 e. The van der Waals surface area contributed by atoms with E-state index in [-0.39, 0.29) is 0 Å². The van der Waals surface area contributed by atoms with Crippen LogP contribution < -0.4 is 0 Å². The fourth-order valence-electron chi connectivity index (χ4n) is 4.37. The summed E-state index contributed by atoms with van der Waals surface area (Å²) in [6.07, 6.45) is 17.0. The summed E-state index contributed by atoms with van der Waals surface area (Å²) in [5.74, 6) is -0.565. The second kappa shape index (κ2) is 15.7. The SMILES string of the molecule is CCCCCCCCCCC/C=C\CCC[C@@H](O)C(=O)N1C(=O)O[C@@H](c2ccccc2)[C@H]1C. The molecule has 33 heavy (non-hydrogen) atoms. The van der Waals surface area contributed by atoms with E-state index in [0.717, 1.165) is 23.3 Å². The van der Waals surface area contributed by atoms with Crippen LogP contribution in [0, 0.1) is 0 Å². The predicted octanol–water partition coefficient (Wildman–Crippen LogP) is 7.10. The zero-order chi connectivity index (χ0) is 23.9. The van der Waals surface area contributed by atoms with Crippen LogP contribution in [0.25, 0.3) is 0 Å². The van der Waals surface area contributed by atoms with Gasteiger partial charge in [-0.15, -0.1) is 0 Å². The van der Waals surface area contributed by atoms with Gasteiger partial charge in [0, 0.05) is 0 Å². The molecule has 0 spiro atoms. The van der Waals surface area contributed by atoms with Crippen LogP contribution in [-0.4, -0.2) is 34.2 Å². The molecule has 184 valence electrons. The van der Waals surface area contributed by atoms with Crippen LogP contribution in [0.5, 0.6) is 0 Å². The number of aliphatic hydroxyl groups excluding tert-OH is 1. The highest BCUT2D eigenvalue weighted by molar-refractivity contribution is 5.96. The molecule has 0 bridgehead atoms. The van der Waals surface area contributed by atoms with Gasteiger partial charge in [0.05, 0.1) is 6.04 Å². The van der Waals surface area contributed by atoms with Crippen LogP contribution in [0.15, 0.2) is 42.5 Å². The Kier molecular flexibility index (Phi) is 12.9. The third-order valence-corrected chi connectivity index (χ3v) is 6.41. The topological polar surface area (TPSA) is 66.8 Å². The first-order valence-corrected chi connectivity index (χ1v) is 13.0. The van der Waals surface area contributed by atoms with Gasteiger partial charge in [-0.2, -0.15) is 0 Å². The van der Waals surface area contributed by atoms with Crippen molar-refractivity contribution in [3.63, 3.8) is 0 Å². The first kappa shape index (κ1) is 27.1. The van der Waals surface area contributed by atoms with E-state index in [0.29, 0.717) is 12.8 Å². The van der Waals surface area contributed by atoms with Gasteiger partial charge in [-0.25, -0.2) is 9.69 Å². The molecule has 1 fully saturated rings. The number of nitrogens with zero attached hydrogens (tertiary/aromatic N) is 1. The molecule has 1 aliphatic heterocycles. The van der Waals surface area contributed by atoms with Gasteiger partial charge in [0.1, 0.15) is 12.2 Å². The molecule has 5 heteroatoms. The number of ether oxygens (including phenoxy) is 1. The largest absolute Gasteiger partial charge is 0.439 e. The molecule has 1 saturated heterocycles. The summed E-state index contributed by atoms with van der Waals surface area (Å²) in [4.78, 5) is 26.0. The number of carbonyl (C=O) groups is 2. The number of carbonyl (C=O) groups excluding carboxylic acids is 2. The number of unbranched alkanes of at least 4 members (excludes halogenated alkanes) is 10. The van der Waals surface area contributed by atoms with Crippen LogP contribution in [0.1, 0.15) is 109 Å². The van der Waals surface area contributed by atoms with Gasteiger partial charge in [-0.1, -0.05) is 101 Å². The first-order valence-electron chi connectivity index (χ1n) is 13.0. The second-order valence-corrected chi connectivity index (χ2v) is 9.20. The molecular weight excluding hydrogens is 414 g/mol. The number of aliphatic hydroxyl groups is 1. The van der Waals surface area contributed by atoms with Gasteiger partial charge < -0.3 is 9.84 Å². The molecule has 1 aliphatic rings. The maximum atomic E-state index is 12.7. The van der Waals surface area contributed by atoms with Crippen LogP contribution >= 0.6 is 0 Å². The predicted molar refractivity (Wildman–Crippen MR) is 133 cm³/mol. The highest BCUT2D eigenvalue weighted by Crippen LogP contribution is 2.32. The fourth-order valence-corrected chi connectivity index (χ4v) is 4.37. The molecule has 0 radical (unpaired) electrons. The van der Waals surface area contributed by atoms with E-state index >= 15 is 0 Å². The second-order valence-electron chi connectivity index (χ2n) is 9.20. The summed E-state index contributed by atoms with van der Waals surface area (Å²) in [6.45, 7) is 4.03. The lowest BCUT2D eigenvalue weighted by atomic mass is 10.0. The summed E-state index contributed by atoms with van der Waals surface area (Å²) in [5, 5.41) is 10.3. The Morgan fingerprint density at radius 1 is 0.970 bits per heavy atom. The number of rotatable bonds is 16. The van der Waals surface area contributed by atoms with Crippen molar-refractivity contribution in [2.24, 2.45) is 0 Å². The normalized spacial score (nSPS) is 19.2. The highest BCUT2D eigenvalue weighted by Gasteiger charge is 2.44. The first-order chi connectivity index (χ1) is 16.1. The standard InChI is InChI=1S/C28H43NO4/c1-3-4-5-6-7-8-9-10-11-12-13-14-15-19-22-25(30)27(31)29-23(2)26(33-28(29)32)24-20-17-16-18-21-24/h13-14,16-18,20-21,23,25-26,30H,3-12,15,19,22H2,1-2H3/b14-13-/t23-,25-,26-/m1/s1. The third-order valence-electron chi connectivity index (χ3n) is 6.41. The fraction of sp³-hybridized carbons (Fsp3) is 0.643. The molecule has 3 atom stereocenters. The van der Waals surface area contributed by atoms with Gasteiger partial charge in [0.15, 0.2) is 0 Å². The minimum atomic E-state index is -1.18. The van der Waals surface area contributed by atoms with E-state index < -0.39 is 30.3 Å². The Hall–Kier alpha value is -2.14. The van der Waals surface area contributed by atoms with Crippen molar-refractivity contribution < 1.29 is 19.4 Å².